The molecule has 2 fully saturated rings. The van der Waals surface area contributed by atoms with Crippen molar-refractivity contribution in [2.24, 2.45) is 5.41 Å². The Kier molecular flexibility index (Phi) is 7.08. The summed E-state index contributed by atoms with van der Waals surface area (Å²) in [5.41, 5.74) is 1.17. The van der Waals surface area contributed by atoms with Crippen molar-refractivity contribution in [1.29, 1.82) is 0 Å². The Balaban J connectivity index is 0.00000131. The molecule has 3 heterocycles. The molecule has 0 saturated carbocycles. The molecule has 150 valence electrons. The summed E-state index contributed by atoms with van der Waals surface area (Å²) in [5.74, 6) is 0.469. The first kappa shape index (κ1) is 21.9. The Morgan fingerprint density at radius 2 is 2.07 bits per heavy atom. The van der Waals surface area contributed by atoms with Crippen LogP contribution in [-0.4, -0.2) is 53.6 Å². The first-order valence-electron chi connectivity index (χ1n) is 8.79. The maximum Gasteiger partial charge on any atom is 0.312 e. The number of fused-ring (bicyclic) bond motifs is 1. The zero-order chi connectivity index (χ0) is 17.4. The topological polar surface area (TPSA) is 70.2 Å². The molecule has 1 aromatic heterocycles. The van der Waals surface area contributed by atoms with Gasteiger partial charge in [-0.2, -0.15) is 0 Å². The molecule has 2 aliphatic heterocycles. The number of hydrogen-bond acceptors (Lipinski definition) is 5. The summed E-state index contributed by atoms with van der Waals surface area (Å²) in [5, 5.41) is 3.30. The van der Waals surface area contributed by atoms with E-state index in [-0.39, 0.29) is 48.1 Å². The minimum Gasteiger partial charge on any atom is -0.461 e. The van der Waals surface area contributed by atoms with Gasteiger partial charge in [-0.3, -0.25) is 9.69 Å². The molecule has 1 unspecified atom stereocenters. The van der Waals surface area contributed by atoms with E-state index >= 15 is 0 Å². The lowest BCUT2D eigenvalue weighted by Crippen LogP contribution is -2.39. The van der Waals surface area contributed by atoms with E-state index in [9.17, 15) is 9.18 Å². The largest absolute Gasteiger partial charge is 0.461 e. The van der Waals surface area contributed by atoms with Gasteiger partial charge in [0.15, 0.2) is 0 Å². The Labute approximate surface area is 170 Å². The number of hydrogen-bond donors (Lipinski definition) is 2. The highest BCUT2D eigenvalue weighted by atomic mass is 35.5. The first-order valence-corrected chi connectivity index (χ1v) is 8.79. The second-order valence-corrected chi connectivity index (χ2v) is 7.30. The number of piperidine rings is 1. The van der Waals surface area contributed by atoms with Crippen LogP contribution in [0.15, 0.2) is 18.2 Å². The Hall–Kier alpha value is -1.41. The van der Waals surface area contributed by atoms with Gasteiger partial charge in [0.25, 0.3) is 0 Å². The van der Waals surface area contributed by atoms with Crippen molar-refractivity contribution in [3.8, 4) is 0 Å². The smallest absolute Gasteiger partial charge is 0.312 e. The van der Waals surface area contributed by atoms with Gasteiger partial charge in [-0.25, -0.2) is 9.37 Å². The van der Waals surface area contributed by atoms with Gasteiger partial charge in [-0.1, -0.05) is 0 Å². The van der Waals surface area contributed by atoms with Crippen molar-refractivity contribution in [2.75, 3.05) is 26.7 Å². The third kappa shape index (κ3) is 4.54. The number of rotatable bonds is 4. The number of carbonyl (C=O) groups is 1. The van der Waals surface area contributed by atoms with Crippen LogP contribution in [0, 0.1) is 11.2 Å². The Morgan fingerprint density at radius 1 is 1.33 bits per heavy atom. The molecule has 0 aliphatic carbocycles. The lowest BCUT2D eigenvalue weighted by Gasteiger charge is -2.29. The summed E-state index contributed by atoms with van der Waals surface area (Å²) in [6.07, 6.45) is 2.45. The van der Waals surface area contributed by atoms with Gasteiger partial charge in [0.2, 0.25) is 0 Å². The molecule has 27 heavy (non-hydrogen) atoms. The van der Waals surface area contributed by atoms with Crippen LogP contribution in [0.5, 0.6) is 0 Å². The van der Waals surface area contributed by atoms with Crippen molar-refractivity contribution in [2.45, 2.75) is 31.9 Å². The van der Waals surface area contributed by atoms with Crippen molar-refractivity contribution in [3.63, 3.8) is 0 Å². The summed E-state index contributed by atoms with van der Waals surface area (Å²) in [4.78, 5) is 22.1. The highest BCUT2D eigenvalue weighted by Crippen LogP contribution is 2.41. The predicted molar refractivity (Wildman–Crippen MR) is 106 cm³/mol. The van der Waals surface area contributed by atoms with Gasteiger partial charge in [0.1, 0.15) is 17.7 Å². The number of likely N-dealkylation sites (N-methyl/N-ethyl adjacent to an activating group) is 1. The van der Waals surface area contributed by atoms with E-state index in [4.69, 9.17) is 4.74 Å². The van der Waals surface area contributed by atoms with E-state index in [1.807, 2.05) is 7.05 Å². The molecule has 2 aliphatic rings. The monoisotopic (exact) mass is 418 g/mol. The molecule has 2 aromatic rings. The van der Waals surface area contributed by atoms with Crippen molar-refractivity contribution in [3.05, 3.63) is 29.8 Å². The molecule has 0 radical (unpaired) electrons. The summed E-state index contributed by atoms with van der Waals surface area (Å²) in [6, 6.07) is 4.53. The molecule has 0 amide bonds. The van der Waals surface area contributed by atoms with Crippen LogP contribution in [0.1, 0.15) is 25.1 Å². The van der Waals surface area contributed by atoms with E-state index in [1.54, 1.807) is 6.07 Å². The van der Waals surface area contributed by atoms with Crippen molar-refractivity contribution < 1.29 is 13.9 Å². The van der Waals surface area contributed by atoms with E-state index in [0.29, 0.717) is 18.6 Å². The fraction of sp³-hybridized carbons (Fsp3) is 0.556. The summed E-state index contributed by atoms with van der Waals surface area (Å²) < 4.78 is 18.9. The summed E-state index contributed by atoms with van der Waals surface area (Å²) in [6.45, 7) is 3.03. The van der Waals surface area contributed by atoms with Crippen LogP contribution in [-0.2, 0) is 16.1 Å². The van der Waals surface area contributed by atoms with Crippen LogP contribution >= 0.6 is 24.8 Å². The number of halogens is 3. The summed E-state index contributed by atoms with van der Waals surface area (Å²) >= 11 is 0. The van der Waals surface area contributed by atoms with E-state index in [0.717, 1.165) is 43.7 Å². The fourth-order valence-corrected chi connectivity index (χ4v) is 4.03. The molecule has 0 bridgehead atoms. The highest BCUT2D eigenvalue weighted by molar-refractivity contribution is 5.85. The molecule has 2 N–H and O–H groups in total. The third-order valence-corrected chi connectivity index (χ3v) is 5.31. The number of carbonyl (C=O) groups excluding carboxylic acids is 1. The number of esters is 1. The average molecular weight is 419 g/mol. The maximum absolute atomic E-state index is 13.3. The second kappa shape index (κ2) is 8.73. The number of aromatic nitrogens is 2. The Morgan fingerprint density at radius 3 is 2.81 bits per heavy atom. The lowest BCUT2D eigenvalue weighted by atomic mass is 9.76. The number of nitrogens with zero attached hydrogens (tertiary/aromatic N) is 2. The second-order valence-electron chi connectivity index (χ2n) is 7.30. The van der Waals surface area contributed by atoms with Gasteiger partial charge in [0, 0.05) is 13.0 Å². The van der Waals surface area contributed by atoms with Crippen LogP contribution in [0.3, 0.4) is 0 Å². The highest BCUT2D eigenvalue weighted by Gasteiger charge is 2.49. The molecule has 4 rings (SSSR count). The van der Waals surface area contributed by atoms with Crippen molar-refractivity contribution >= 4 is 41.8 Å². The van der Waals surface area contributed by atoms with E-state index < -0.39 is 0 Å². The number of nitrogens with one attached hydrogen (secondary N) is 2. The lowest BCUT2D eigenvalue weighted by molar-refractivity contribution is -0.150. The van der Waals surface area contributed by atoms with Crippen molar-refractivity contribution in [1.82, 2.24) is 20.2 Å². The van der Waals surface area contributed by atoms with E-state index in [1.165, 1.54) is 12.1 Å². The molecular formula is C18H25Cl2FN4O2. The standard InChI is InChI=1S/C18H23FN4O2.2ClH/c1-23(11-16-21-14-3-2-12(19)8-15(14)22-16)10-13-9-18(17(24)25-13)4-6-20-7-5-18;;/h2-3,8,13,20H,4-7,9-11H2,1H3,(H,21,22);2*1H. The molecule has 1 spiro atoms. The van der Waals surface area contributed by atoms with Gasteiger partial charge < -0.3 is 15.0 Å². The van der Waals surface area contributed by atoms with Gasteiger partial charge in [-0.15, -0.1) is 24.8 Å². The molecule has 9 heteroatoms. The zero-order valence-corrected chi connectivity index (χ0v) is 16.8. The van der Waals surface area contributed by atoms with Gasteiger partial charge >= 0.3 is 5.97 Å². The zero-order valence-electron chi connectivity index (χ0n) is 15.2. The van der Waals surface area contributed by atoms with Crippen LogP contribution in [0.4, 0.5) is 4.39 Å². The fourth-order valence-electron chi connectivity index (χ4n) is 4.03. The molecule has 1 aromatic carbocycles. The third-order valence-electron chi connectivity index (χ3n) is 5.31. The molecule has 2 saturated heterocycles. The predicted octanol–water partition coefficient (Wildman–Crippen LogP) is 2.66. The number of H-pyrrole nitrogens is 1. The number of ether oxygens (including phenoxy) is 1. The van der Waals surface area contributed by atoms with Crippen LogP contribution < -0.4 is 5.32 Å². The minimum atomic E-state index is -0.284. The Bertz CT molecular complexity index is 795. The van der Waals surface area contributed by atoms with E-state index in [2.05, 4.69) is 20.2 Å². The van der Waals surface area contributed by atoms with Gasteiger partial charge in [0.05, 0.1) is 23.0 Å². The molecule has 6 nitrogen and oxygen atoms in total. The summed E-state index contributed by atoms with van der Waals surface area (Å²) in [7, 11) is 1.98. The average Bonchev–Trinajstić information content (AvgIpc) is 3.08. The molecular weight excluding hydrogens is 394 g/mol. The number of imidazole rings is 1. The number of benzene rings is 1. The molecule has 1 atom stereocenters. The number of aromatic amines is 1. The SMILES string of the molecule is CN(Cc1nc2ccc(F)cc2[nH]1)CC1CC2(CCNCC2)C(=O)O1.Cl.Cl. The normalized spacial score (nSPS) is 21.1. The van der Waals surface area contributed by atoms with Gasteiger partial charge in [-0.05, 0) is 51.2 Å². The quantitative estimate of drug-likeness (QED) is 0.746. The van der Waals surface area contributed by atoms with Crippen LogP contribution in [0.25, 0.3) is 11.0 Å². The van der Waals surface area contributed by atoms with Crippen LogP contribution in [0.2, 0.25) is 0 Å². The first-order chi connectivity index (χ1) is 12.0. The minimum absolute atomic E-state index is 0. The maximum atomic E-state index is 13.3. The number of cyclic esters (lactones) is 1.